The number of rotatable bonds is 3. The summed E-state index contributed by atoms with van der Waals surface area (Å²) < 4.78 is 10.9. The molecule has 0 radical (unpaired) electrons. The molecule has 7 heteroatoms. The summed E-state index contributed by atoms with van der Waals surface area (Å²) in [6.07, 6.45) is 1.45. The maximum absolute atomic E-state index is 12.2. The van der Waals surface area contributed by atoms with Gasteiger partial charge in [-0.1, -0.05) is 29.3 Å². The van der Waals surface area contributed by atoms with Crippen molar-refractivity contribution in [3.63, 3.8) is 0 Å². The first-order valence-electron chi connectivity index (χ1n) is 7.73. The third-order valence-electron chi connectivity index (χ3n) is 3.97. The van der Waals surface area contributed by atoms with Gasteiger partial charge in [0, 0.05) is 16.3 Å². The summed E-state index contributed by atoms with van der Waals surface area (Å²) in [5.41, 5.74) is 3.22. The Labute approximate surface area is 158 Å². The van der Waals surface area contributed by atoms with E-state index in [-0.39, 0.29) is 11.7 Å². The number of oxazole rings is 1. The number of anilines is 1. The highest BCUT2D eigenvalue weighted by Crippen LogP contribution is 2.34. The van der Waals surface area contributed by atoms with Crippen molar-refractivity contribution in [1.82, 2.24) is 4.98 Å². The Morgan fingerprint density at radius 3 is 2.77 bits per heavy atom. The van der Waals surface area contributed by atoms with E-state index in [1.165, 1.54) is 6.26 Å². The Morgan fingerprint density at radius 2 is 2.00 bits per heavy atom. The highest BCUT2D eigenvalue weighted by molar-refractivity contribution is 6.38. The second-order valence-electron chi connectivity index (χ2n) is 5.66. The van der Waals surface area contributed by atoms with Gasteiger partial charge in [-0.15, -0.1) is 0 Å². The van der Waals surface area contributed by atoms with Crippen molar-refractivity contribution in [3.05, 3.63) is 70.1 Å². The molecular formula is C19H12Cl2N2O3. The van der Waals surface area contributed by atoms with Crippen LogP contribution in [0, 0.1) is 6.92 Å². The lowest BCUT2D eigenvalue weighted by atomic mass is 10.1. The maximum Gasteiger partial charge on any atom is 0.291 e. The number of hydrogen-bond donors (Lipinski definition) is 1. The summed E-state index contributed by atoms with van der Waals surface area (Å²) in [4.78, 5) is 16.7. The SMILES string of the molecule is Cc1c(NC(=O)c2ccco2)cccc1-c1nc2cc(Cl)cc(Cl)c2o1. The minimum atomic E-state index is -0.331. The van der Waals surface area contributed by atoms with E-state index in [1.54, 1.807) is 30.3 Å². The number of amides is 1. The minimum Gasteiger partial charge on any atom is -0.459 e. The van der Waals surface area contributed by atoms with Crippen LogP contribution in [0.15, 0.2) is 57.6 Å². The normalized spacial score (nSPS) is 11.0. The number of fused-ring (bicyclic) bond motifs is 1. The van der Waals surface area contributed by atoms with E-state index in [4.69, 9.17) is 32.0 Å². The zero-order valence-electron chi connectivity index (χ0n) is 13.5. The van der Waals surface area contributed by atoms with Gasteiger partial charge >= 0.3 is 0 Å². The number of nitrogens with zero attached hydrogens (tertiary/aromatic N) is 1. The summed E-state index contributed by atoms with van der Waals surface area (Å²) >= 11 is 12.2. The molecule has 2 heterocycles. The molecule has 0 aliphatic carbocycles. The zero-order chi connectivity index (χ0) is 18.3. The fourth-order valence-electron chi connectivity index (χ4n) is 2.67. The van der Waals surface area contributed by atoms with E-state index >= 15 is 0 Å². The Bertz CT molecular complexity index is 1120. The lowest BCUT2D eigenvalue weighted by molar-refractivity contribution is 0.0996. The van der Waals surface area contributed by atoms with E-state index in [0.717, 1.165) is 11.1 Å². The molecule has 0 saturated carbocycles. The molecule has 0 bridgehead atoms. The van der Waals surface area contributed by atoms with Crippen LogP contribution in [0.4, 0.5) is 5.69 Å². The van der Waals surface area contributed by atoms with Gasteiger partial charge in [-0.2, -0.15) is 0 Å². The number of aromatic nitrogens is 1. The third-order valence-corrected chi connectivity index (χ3v) is 4.47. The summed E-state index contributed by atoms with van der Waals surface area (Å²) in [7, 11) is 0. The number of nitrogens with one attached hydrogen (secondary N) is 1. The molecule has 0 aliphatic heterocycles. The average Bonchev–Trinajstić information content (AvgIpc) is 3.26. The molecule has 4 aromatic rings. The molecule has 0 aliphatic rings. The standard InChI is InChI=1S/C19H12Cl2N2O3/c1-10-12(19-23-15-9-11(20)8-13(21)17(15)26-19)4-2-5-14(10)22-18(24)16-6-3-7-25-16/h2-9H,1H3,(H,22,24). The Morgan fingerprint density at radius 1 is 1.15 bits per heavy atom. The maximum atomic E-state index is 12.2. The Balaban J connectivity index is 1.74. The van der Waals surface area contributed by atoms with Gasteiger partial charge < -0.3 is 14.2 Å². The molecule has 1 amide bonds. The molecule has 2 aromatic heterocycles. The van der Waals surface area contributed by atoms with Gasteiger partial charge in [-0.05, 0) is 48.9 Å². The number of halogens is 2. The largest absolute Gasteiger partial charge is 0.459 e. The molecule has 0 fully saturated rings. The third kappa shape index (κ3) is 2.96. The summed E-state index contributed by atoms with van der Waals surface area (Å²) in [6, 6.07) is 12.0. The summed E-state index contributed by atoms with van der Waals surface area (Å²) in [5.74, 6) is 0.302. The van der Waals surface area contributed by atoms with Crippen molar-refractivity contribution in [2.45, 2.75) is 6.92 Å². The summed E-state index contributed by atoms with van der Waals surface area (Å²) in [5, 5.41) is 3.71. The van der Waals surface area contributed by atoms with Crippen LogP contribution in [0.2, 0.25) is 10.0 Å². The lowest BCUT2D eigenvalue weighted by Gasteiger charge is -2.09. The smallest absolute Gasteiger partial charge is 0.291 e. The van der Waals surface area contributed by atoms with Crippen LogP contribution in [-0.4, -0.2) is 10.9 Å². The van der Waals surface area contributed by atoms with Gasteiger partial charge in [0.25, 0.3) is 5.91 Å². The molecule has 26 heavy (non-hydrogen) atoms. The molecule has 0 spiro atoms. The Hall–Kier alpha value is -2.76. The monoisotopic (exact) mass is 386 g/mol. The van der Waals surface area contributed by atoms with Gasteiger partial charge in [0.15, 0.2) is 11.3 Å². The number of carbonyl (C=O) groups is 1. The van der Waals surface area contributed by atoms with Crippen LogP contribution in [0.1, 0.15) is 16.1 Å². The fourth-order valence-corrected chi connectivity index (χ4v) is 3.19. The van der Waals surface area contributed by atoms with Crippen LogP contribution < -0.4 is 5.32 Å². The van der Waals surface area contributed by atoms with E-state index in [9.17, 15) is 4.79 Å². The second kappa shape index (κ2) is 6.52. The van der Waals surface area contributed by atoms with E-state index in [0.29, 0.717) is 32.7 Å². The van der Waals surface area contributed by atoms with E-state index in [2.05, 4.69) is 10.3 Å². The van der Waals surface area contributed by atoms with Crippen LogP contribution in [-0.2, 0) is 0 Å². The van der Waals surface area contributed by atoms with Crippen molar-refractivity contribution in [2.24, 2.45) is 0 Å². The van der Waals surface area contributed by atoms with Gasteiger partial charge in [0.2, 0.25) is 5.89 Å². The topological polar surface area (TPSA) is 68.3 Å². The van der Waals surface area contributed by atoms with Crippen molar-refractivity contribution in [2.75, 3.05) is 5.32 Å². The lowest BCUT2D eigenvalue weighted by Crippen LogP contribution is -2.12. The van der Waals surface area contributed by atoms with Gasteiger partial charge in [0.05, 0.1) is 11.3 Å². The first-order valence-corrected chi connectivity index (χ1v) is 8.49. The van der Waals surface area contributed by atoms with Crippen molar-refractivity contribution in [3.8, 4) is 11.5 Å². The minimum absolute atomic E-state index is 0.234. The summed E-state index contributed by atoms with van der Waals surface area (Å²) in [6.45, 7) is 1.87. The number of hydrogen-bond acceptors (Lipinski definition) is 4. The van der Waals surface area contributed by atoms with Crippen molar-refractivity contribution < 1.29 is 13.6 Å². The molecule has 2 aromatic carbocycles. The fraction of sp³-hybridized carbons (Fsp3) is 0.0526. The van der Waals surface area contributed by atoms with Crippen LogP contribution in [0.3, 0.4) is 0 Å². The second-order valence-corrected chi connectivity index (χ2v) is 6.51. The van der Waals surface area contributed by atoms with Crippen LogP contribution in [0.25, 0.3) is 22.6 Å². The average molecular weight is 387 g/mol. The molecule has 5 nitrogen and oxygen atoms in total. The first kappa shape index (κ1) is 16.7. The van der Waals surface area contributed by atoms with Gasteiger partial charge in [0.1, 0.15) is 5.52 Å². The quantitative estimate of drug-likeness (QED) is 0.471. The van der Waals surface area contributed by atoms with Crippen LogP contribution >= 0.6 is 23.2 Å². The molecule has 0 saturated heterocycles. The molecule has 0 atom stereocenters. The molecule has 130 valence electrons. The van der Waals surface area contributed by atoms with Gasteiger partial charge in [-0.3, -0.25) is 4.79 Å². The number of furan rings is 1. The van der Waals surface area contributed by atoms with Crippen molar-refractivity contribution in [1.29, 1.82) is 0 Å². The molecule has 1 N–H and O–H groups in total. The predicted molar refractivity (Wildman–Crippen MR) is 101 cm³/mol. The molecule has 0 unspecified atom stereocenters. The number of benzene rings is 2. The molecular weight excluding hydrogens is 375 g/mol. The van der Waals surface area contributed by atoms with Crippen LogP contribution in [0.5, 0.6) is 0 Å². The van der Waals surface area contributed by atoms with Crippen molar-refractivity contribution >= 4 is 45.9 Å². The first-order chi connectivity index (χ1) is 12.5. The Kier molecular flexibility index (Phi) is 4.18. The van der Waals surface area contributed by atoms with E-state index in [1.807, 2.05) is 19.1 Å². The predicted octanol–water partition coefficient (Wildman–Crippen LogP) is 5.96. The van der Waals surface area contributed by atoms with E-state index < -0.39 is 0 Å². The number of carbonyl (C=O) groups excluding carboxylic acids is 1. The highest BCUT2D eigenvalue weighted by atomic mass is 35.5. The molecule has 4 rings (SSSR count). The van der Waals surface area contributed by atoms with Gasteiger partial charge in [-0.25, -0.2) is 4.98 Å². The highest BCUT2D eigenvalue weighted by Gasteiger charge is 2.17. The zero-order valence-corrected chi connectivity index (χ0v) is 15.1.